The monoisotopic (exact) mass is 241 g/mol. The number of anilines is 1. The molecule has 0 aliphatic carbocycles. The van der Waals surface area contributed by atoms with E-state index in [-0.39, 0.29) is 0 Å². The van der Waals surface area contributed by atoms with Crippen LogP contribution < -0.4 is 9.04 Å². The van der Waals surface area contributed by atoms with Crippen LogP contribution in [-0.2, 0) is 10.0 Å². The van der Waals surface area contributed by atoms with Gasteiger partial charge in [-0.2, -0.15) is 0 Å². The van der Waals surface area contributed by atoms with Crippen LogP contribution in [-0.4, -0.2) is 26.8 Å². The number of fused-ring (bicyclic) bond motifs is 1. The first-order chi connectivity index (χ1) is 7.53. The minimum Gasteiger partial charge on any atom is -0.489 e. The van der Waals surface area contributed by atoms with Crippen molar-refractivity contribution >= 4 is 15.7 Å². The molecule has 4 nitrogen and oxygen atoms in total. The molecule has 0 amide bonds. The second kappa shape index (κ2) is 3.97. The van der Waals surface area contributed by atoms with E-state index >= 15 is 0 Å². The summed E-state index contributed by atoms with van der Waals surface area (Å²) in [5.41, 5.74) is 0.641. The van der Waals surface area contributed by atoms with Crippen molar-refractivity contribution in [2.24, 2.45) is 0 Å². The number of hydrogen-bond donors (Lipinski definition) is 0. The topological polar surface area (TPSA) is 46.6 Å². The van der Waals surface area contributed by atoms with Crippen LogP contribution in [0.25, 0.3) is 0 Å². The molecule has 2 rings (SSSR count). The maximum Gasteiger partial charge on any atom is 0.237 e. The van der Waals surface area contributed by atoms with E-state index < -0.39 is 15.3 Å². The number of benzene rings is 1. The molecule has 0 radical (unpaired) electrons. The van der Waals surface area contributed by atoms with Gasteiger partial charge in [-0.05, 0) is 26.0 Å². The fraction of sp³-hybridized carbons (Fsp3) is 0.455. The van der Waals surface area contributed by atoms with Crippen LogP contribution in [0.15, 0.2) is 24.3 Å². The van der Waals surface area contributed by atoms with E-state index in [4.69, 9.17) is 4.74 Å². The lowest BCUT2D eigenvalue weighted by Gasteiger charge is -2.31. The molecule has 0 aromatic heterocycles. The molecule has 0 N–H and O–H groups in total. The highest BCUT2D eigenvalue weighted by Crippen LogP contribution is 2.33. The molecule has 1 aliphatic heterocycles. The van der Waals surface area contributed by atoms with Crippen molar-refractivity contribution in [1.29, 1.82) is 0 Å². The van der Waals surface area contributed by atoms with Crippen molar-refractivity contribution < 1.29 is 13.2 Å². The largest absolute Gasteiger partial charge is 0.489 e. The Kier molecular flexibility index (Phi) is 2.80. The lowest BCUT2D eigenvalue weighted by Crippen LogP contribution is -2.41. The van der Waals surface area contributed by atoms with Crippen molar-refractivity contribution in [2.45, 2.75) is 19.1 Å². The average molecular weight is 241 g/mol. The second-order valence-corrected chi connectivity index (χ2v) is 6.40. The summed E-state index contributed by atoms with van der Waals surface area (Å²) in [7, 11) is -3.26. The summed E-state index contributed by atoms with van der Waals surface area (Å²) >= 11 is 0. The summed E-state index contributed by atoms with van der Waals surface area (Å²) in [6, 6.07) is 7.21. The summed E-state index contributed by atoms with van der Waals surface area (Å²) in [6.07, 6.45) is 0. The Bertz CT molecular complexity index is 482. The predicted octanol–water partition coefficient (Wildman–Crippen LogP) is 1.62. The van der Waals surface area contributed by atoms with Crippen LogP contribution in [0.2, 0.25) is 0 Å². The van der Waals surface area contributed by atoms with E-state index in [0.717, 1.165) is 0 Å². The fourth-order valence-corrected chi connectivity index (χ4v) is 2.93. The molecular weight excluding hydrogens is 226 g/mol. The third-order valence-corrected chi connectivity index (χ3v) is 4.77. The fourth-order valence-electron chi connectivity index (χ4n) is 1.66. The van der Waals surface area contributed by atoms with E-state index in [2.05, 4.69) is 0 Å². The highest BCUT2D eigenvalue weighted by atomic mass is 32.2. The van der Waals surface area contributed by atoms with Crippen molar-refractivity contribution in [3.05, 3.63) is 24.3 Å². The Morgan fingerprint density at radius 3 is 2.69 bits per heavy atom. The normalized spacial score (nSPS) is 15.8. The standard InChI is InChI=1S/C11H15NO3S/c1-9(2)16(13,14)12-7-8-15-11-6-4-3-5-10(11)12/h3-6,9H,7-8H2,1-2H3. The summed E-state index contributed by atoms with van der Waals surface area (Å²) in [5.74, 6) is 0.637. The third kappa shape index (κ3) is 1.75. The first-order valence-electron chi connectivity index (χ1n) is 5.27. The number of rotatable bonds is 2. The van der Waals surface area contributed by atoms with Gasteiger partial charge in [0.1, 0.15) is 12.4 Å². The van der Waals surface area contributed by atoms with Crippen molar-refractivity contribution in [1.82, 2.24) is 0 Å². The molecule has 5 heteroatoms. The Morgan fingerprint density at radius 1 is 1.31 bits per heavy atom. The maximum atomic E-state index is 12.1. The number of para-hydroxylation sites is 2. The van der Waals surface area contributed by atoms with Crippen molar-refractivity contribution in [3.8, 4) is 5.75 Å². The quantitative estimate of drug-likeness (QED) is 0.790. The molecule has 1 heterocycles. The van der Waals surface area contributed by atoms with Crippen molar-refractivity contribution in [2.75, 3.05) is 17.5 Å². The molecule has 1 aromatic carbocycles. The number of ether oxygens (including phenoxy) is 1. The Balaban J connectivity index is 2.47. The molecule has 88 valence electrons. The van der Waals surface area contributed by atoms with E-state index in [0.29, 0.717) is 24.6 Å². The molecule has 1 aromatic rings. The zero-order valence-corrected chi connectivity index (χ0v) is 10.2. The van der Waals surface area contributed by atoms with Crippen LogP contribution in [0.4, 0.5) is 5.69 Å². The lowest BCUT2D eigenvalue weighted by molar-refractivity contribution is 0.315. The third-order valence-electron chi connectivity index (χ3n) is 2.59. The SMILES string of the molecule is CC(C)S(=O)(=O)N1CCOc2ccccc21. The maximum absolute atomic E-state index is 12.1. The molecule has 0 spiro atoms. The highest BCUT2D eigenvalue weighted by Gasteiger charge is 2.30. The van der Waals surface area contributed by atoms with Gasteiger partial charge in [-0.3, -0.25) is 4.31 Å². The average Bonchev–Trinajstić information content (AvgIpc) is 2.28. The van der Waals surface area contributed by atoms with Gasteiger partial charge in [-0.15, -0.1) is 0 Å². The van der Waals surface area contributed by atoms with Gasteiger partial charge in [0.15, 0.2) is 0 Å². The molecule has 0 saturated carbocycles. The van der Waals surface area contributed by atoms with Crippen molar-refractivity contribution in [3.63, 3.8) is 0 Å². The molecular formula is C11H15NO3S. The lowest BCUT2D eigenvalue weighted by atomic mass is 10.2. The molecule has 0 unspecified atom stereocenters. The Hall–Kier alpha value is -1.23. The summed E-state index contributed by atoms with van der Waals surface area (Å²) in [6.45, 7) is 4.17. The summed E-state index contributed by atoms with van der Waals surface area (Å²) < 4.78 is 31.1. The molecule has 0 atom stereocenters. The summed E-state index contributed by atoms with van der Waals surface area (Å²) in [5, 5.41) is -0.418. The molecule has 1 aliphatic rings. The van der Waals surface area contributed by atoms with Crippen LogP contribution in [0.3, 0.4) is 0 Å². The van der Waals surface area contributed by atoms with E-state index in [1.165, 1.54) is 4.31 Å². The highest BCUT2D eigenvalue weighted by molar-refractivity contribution is 7.93. The van der Waals surface area contributed by atoms with Gasteiger partial charge >= 0.3 is 0 Å². The van der Waals surface area contributed by atoms with Crippen LogP contribution >= 0.6 is 0 Å². The predicted molar refractivity (Wildman–Crippen MR) is 63.3 cm³/mol. The zero-order chi connectivity index (χ0) is 11.8. The van der Waals surface area contributed by atoms with Gasteiger partial charge < -0.3 is 4.74 Å². The van der Waals surface area contributed by atoms with Crippen LogP contribution in [0.5, 0.6) is 5.75 Å². The number of hydrogen-bond acceptors (Lipinski definition) is 3. The molecule has 16 heavy (non-hydrogen) atoms. The van der Waals surface area contributed by atoms with E-state index in [1.807, 2.05) is 12.1 Å². The minimum atomic E-state index is -3.26. The van der Waals surface area contributed by atoms with Gasteiger partial charge in [0.25, 0.3) is 0 Å². The first kappa shape index (κ1) is 11.3. The smallest absolute Gasteiger partial charge is 0.237 e. The van der Waals surface area contributed by atoms with Gasteiger partial charge in [0.05, 0.1) is 17.5 Å². The van der Waals surface area contributed by atoms with E-state index in [9.17, 15) is 8.42 Å². The van der Waals surface area contributed by atoms with Gasteiger partial charge in [-0.1, -0.05) is 12.1 Å². The Morgan fingerprint density at radius 2 is 2.00 bits per heavy atom. The summed E-state index contributed by atoms with van der Waals surface area (Å²) in [4.78, 5) is 0. The Labute approximate surface area is 95.9 Å². The van der Waals surface area contributed by atoms with E-state index in [1.54, 1.807) is 26.0 Å². The van der Waals surface area contributed by atoms with Gasteiger partial charge in [-0.25, -0.2) is 8.42 Å². The van der Waals surface area contributed by atoms with Gasteiger partial charge in [0.2, 0.25) is 10.0 Å². The molecule has 0 fully saturated rings. The molecule has 0 saturated heterocycles. The molecule has 0 bridgehead atoms. The van der Waals surface area contributed by atoms with Crippen LogP contribution in [0.1, 0.15) is 13.8 Å². The second-order valence-electron chi connectivity index (χ2n) is 3.98. The number of sulfonamides is 1. The number of nitrogens with zero attached hydrogens (tertiary/aromatic N) is 1. The zero-order valence-electron chi connectivity index (χ0n) is 9.38. The van der Waals surface area contributed by atoms with Crippen LogP contribution in [0, 0.1) is 0 Å². The van der Waals surface area contributed by atoms with Gasteiger partial charge in [0, 0.05) is 0 Å². The first-order valence-corrected chi connectivity index (χ1v) is 6.77. The minimum absolute atomic E-state index is 0.386.